The Labute approximate surface area is 148 Å². The molecule has 0 unspecified atom stereocenters. The summed E-state index contributed by atoms with van der Waals surface area (Å²) in [5.41, 5.74) is 1.57. The van der Waals surface area contributed by atoms with Crippen LogP contribution in [0.5, 0.6) is 17.2 Å². The average molecular weight is 390 g/mol. The second-order valence-electron chi connectivity index (χ2n) is 4.93. The molecule has 3 rings (SSSR count). The number of nitrogens with zero attached hydrogens (tertiary/aromatic N) is 1. The lowest BCUT2D eigenvalue weighted by Gasteiger charge is -2.10. The third kappa shape index (κ3) is 3.54. The van der Waals surface area contributed by atoms with Crippen LogP contribution in [0.15, 0.2) is 57.6 Å². The van der Waals surface area contributed by atoms with Gasteiger partial charge in [-0.15, -0.1) is 0 Å². The average Bonchev–Trinajstić information content (AvgIpc) is 3.09. The van der Waals surface area contributed by atoms with Crippen molar-refractivity contribution in [2.45, 2.75) is 6.61 Å². The molecule has 0 spiro atoms. The smallest absolute Gasteiger partial charge is 0.226 e. The molecular weight excluding hydrogens is 374 g/mol. The molecule has 3 aromatic rings. The predicted octanol–water partition coefficient (Wildman–Crippen LogP) is 4.70. The Balaban J connectivity index is 1.72. The first-order chi connectivity index (χ1) is 11.7. The van der Waals surface area contributed by atoms with Gasteiger partial charge in [0.2, 0.25) is 5.89 Å². The van der Waals surface area contributed by atoms with Crippen molar-refractivity contribution in [2.24, 2.45) is 0 Å². The Hall–Kier alpha value is -2.47. The van der Waals surface area contributed by atoms with Gasteiger partial charge >= 0.3 is 0 Å². The number of oxazole rings is 1. The molecule has 2 aromatic carbocycles. The SMILES string of the molecule is COc1ccc(-c2nc(COc3c(Br)cccc3OC)co2)cc1. The minimum absolute atomic E-state index is 0.276. The number of para-hydroxylation sites is 1. The first-order valence-corrected chi connectivity index (χ1v) is 8.04. The molecule has 0 aliphatic rings. The fraction of sp³-hybridized carbons (Fsp3) is 0.167. The van der Waals surface area contributed by atoms with Gasteiger partial charge in [-0.05, 0) is 52.3 Å². The van der Waals surface area contributed by atoms with E-state index in [1.165, 1.54) is 0 Å². The second-order valence-corrected chi connectivity index (χ2v) is 5.79. The Morgan fingerprint density at radius 3 is 2.54 bits per heavy atom. The molecule has 5 nitrogen and oxygen atoms in total. The molecule has 0 amide bonds. The van der Waals surface area contributed by atoms with E-state index in [0.717, 1.165) is 15.8 Å². The highest BCUT2D eigenvalue weighted by atomic mass is 79.9. The van der Waals surface area contributed by atoms with Crippen LogP contribution in [0, 0.1) is 0 Å². The maximum absolute atomic E-state index is 5.82. The molecular formula is C18H16BrNO4. The van der Waals surface area contributed by atoms with Crippen molar-refractivity contribution < 1.29 is 18.6 Å². The second kappa shape index (κ2) is 7.40. The third-order valence-corrected chi connectivity index (χ3v) is 4.03. The normalized spacial score (nSPS) is 10.5. The van der Waals surface area contributed by atoms with Gasteiger partial charge in [0.1, 0.15) is 24.3 Å². The van der Waals surface area contributed by atoms with Gasteiger partial charge in [0.05, 0.1) is 18.7 Å². The van der Waals surface area contributed by atoms with E-state index in [4.69, 9.17) is 18.6 Å². The van der Waals surface area contributed by atoms with E-state index in [1.807, 2.05) is 42.5 Å². The molecule has 24 heavy (non-hydrogen) atoms. The lowest BCUT2D eigenvalue weighted by atomic mass is 10.2. The van der Waals surface area contributed by atoms with E-state index in [1.54, 1.807) is 20.5 Å². The molecule has 0 N–H and O–H groups in total. The first kappa shape index (κ1) is 16.4. The van der Waals surface area contributed by atoms with Crippen molar-refractivity contribution in [1.82, 2.24) is 4.98 Å². The fourth-order valence-corrected chi connectivity index (χ4v) is 2.64. The Bertz CT molecular complexity index is 814. The molecule has 0 atom stereocenters. The molecule has 1 heterocycles. The molecule has 0 bridgehead atoms. The van der Waals surface area contributed by atoms with Crippen LogP contribution in [-0.2, 0) is 6.61 Å². The van der Waals surface area contributed by atoms with Crippen LogP contribution in [0.2, 0.25) is 0 Å². The summed E-state index contributed by atoms with van der Waals surface area (Å²) < 4.78 is 22.6. The van der Waals surface area contributed by atoms with Gasteiger partial charge in [0, 0.05) is 5.56 Å². The van der Waals surface area contributed by atoms with E-state index < -0.39 is 0 Å². The van der Waals surface area contributed by atoms with Gasteiger partial charge in [0.25, 0.3) is 0 Å². The van der Waals surface area contributed by atoms with Crippen molar-refractivity contribution in [1.29, 1.82) is 0 Å². The number of methoxy groups -OCH3 is 2. The molecule has 0 saturated heterocycles. The summed E-state index contributed by atoms with van der Waals surface area (Å²) in [5, 5.41) is 0. The third-order valence-electron chi connectivity index (χ3n) is 3.40. The monoisotopic (exact) mass is 389 g/mol. The van der Waals surface area contributed by atoms with E-state index in [9.17, 15) is 0 Å². The Morgan fingerprint density at radius 2 is 1.83 bits per heavy atom. The number of rotatable bonds is 6. The van der Waals surface area contributed by atoms with Crippen LogP contribution < -0.4 is 14.2 Å². The van der Waals surface area contributed by atoms with Crippen molar-refractivity contribution in [2.75, 3.05) is 14.2 Å². The summed E-state index contributed by atoms with van der Waals surface area (Å²) in [6, 6.07) is 13.1. The number of ether oxygens (including phenoxy) is 3. The van der Waals surface area contributed by atoms with Gasteiger partial charge < -0.3 is 18.6 Å². The van der Waals surface area contributed by atoms with Crippen LogP contribution in [-0.4, -0.2) is 19.2 Å². The van der Waals surface area contributed by atoms with Crippen LogP contribution in [0.3, 0.4) is 0 Å². The van der Waals surface area contributed by atoms with Gasteiger partial charge in [-0.3, -0.25) is 0 Å². The standard InChI is InChI=1S/C18H16BrNO4/c1-21-14-8-6-12(7-9-14)18-20-13(11-24-18)10-23-17-15(19)4-3-5-16(17)22-2/h3-9,11H,10H2,1-2H3. The molecule has 0 saturated carbocycles. The quantitative estimate of drug-likeness (QED) is 0.611. The minimum Gasteiger partial charge on any atom is -0.497 e. The van der Waals surface area contributed by atoms with Crippen LogP contribution in [0.4, 0.5) is 0 Å². The van der Waals surface area contributed by atoms with Gasteiger partial charge in [-0.2, -0.15) is 0 Å². The molecule has 0 radical (unpaired) electrons. The van der Waals surface area contributed by atoms with Crippen molar-refractivity contribution in [3.8, 4) is 28.7 Å². The summed E-state index contributed by atoms with van der Waals surface area (Å²) in [4.78, 5) is 4.45. The van der Waals surface area contributed by atoms with Crippen molar-refractivity contribution in [3.63, 3.8) is 0 Å². The molecule has 0 aliphatic heterocycles. The zero-order chi connectivity index (χ0) is 16.9. The highest BCUT2D eigenvalue weighted by Gasteiger charge is 2.11. The maximum atomic E-state index is 5.82. The van der Waals surface area contributed by atoms with E-state index in [-0.39, 0.29) is 6.61 Å². The number of hydrogen-bond donors (Lipinski definition) is 0. The molecule has 0 aliphatic carbocycles. The zero-order valence-electron chi connectivity index (χ0n) is 13.3. The summed E-state index contributed by atoms with van der Waals surface area (Å²) in [7, 11) is 3.23. The number of aromatic nitrogens is 1. The molecule has 124 valence electrons. The molecule has 6 heteroatoms. The fourth-order valence-electron chi connectivity index (χ4n) is 2.18. The maximum Gasteiger partial charge on any atom is 0.226 e. The molecule has 1 aromatic heterocycles. The summed E-state index contributed by atoms with van der Waals surface area (Å²) in [6.07, 6.45) is 1.59. The van der Waals surface area contributed by atoms with Crippen LogP contribution >= 0.6 is 15.9 Å². The Kier molecular flexibility index (Phi) is 5.05. The number of halogens is 1. The summed E-state index contributed by atoms with van der Waals surface area (Å²) in [5.74, 6) is 2.61. The van der Waals surface area contributed by atoms with E-state index >= 15 is 0 Å². The topological polar surface area (TPSA) is 53.7 Å². The predicted molar refractivity (Wildman–Crippen MR) is 93.5 cm³/mol. The number of benzene rings is 2. The summed E-state index contributed by atoms with van der Waals surface area (Å²) >= 11 is 3.46. The Morgan fingerprint density at radius 1 is 1.04 bits per heavy atom. The van der Waals surface area contributed by atoms with Crippen LogP contribution in [0.1, 0.15) is 5.69 Å². The number of hydrogen-bond acceptors (Lipinski definition) is 5. The highest BCUT2D eigenvalue weighted by molar-refractivity contribution is 9.10. The molecule has 0 fully saturated rings. The van der Waals surface area contributed by atoms with Gasteiger partial charge in [-0.1, -0.05) is 6.07 Å². The zero-order valence-corrected chi connectivity index (χ0v) is 14.9. The lowest BCUT2D eigenvalue weighted by Crippen LogP contribution is -1.98. The minimum atomic E-state index is 0.276. The van der Waals surface area contributed by atoms with E-state index in [0.29, 0.717) is 23.1 Å². The van der Waals surface area contributed by atoms with Crippen molar-refractivity contribution in [3.05, 3.63) is 58.9 Å². The summed E-state index contributed by atoms with van der Waals surface area (Å²) in [6.45, 7) is 0.276. The van der Waals surface area contributed by atoms with Gasteiger partial charge in [0.15, 0.2) is 11.5 Å². The van der Waals surface area contributed by atoms with Crippen LogP contribution in [0.25, 0.3) is 11.5 Å². The lowest BCUT2D eigenvalue weighted by molar-refractivity contribution is 0.278. The van der Waals surface area contributed by atoms with Gasteiger partial charge in [-0.25, -0.2) is 4.98 Å². The first-order valence-electron chi connectivity index (χ1n) is 7.25. The largest absolute Gasteiger partial charge is 0.497 e. The highest BCUT2D eigenvalue weighted by Crippen LogP contribution is 2.35. The van der Waals surface area contributed by atoms with E-state index in [2.05, 4.69) is 20.9 Å². The van der Waals surface area contributed by atoms with Crippen molar-refractivity contribution >= 4 is 15.9 Å².